The van der Waals surface area contributed by atoms with Gasteiger partial charge >= 0.3 is 0 Å². The Balaban J connectivity index is 1.43. The van der Waals surface area contributed by atoms with Crippen LogP contribution >= 0.6 is 0 Å². The molecule has 0 aliphatic heterocycles. The number of rotatable bonds is 0. The number of benzene rings is 3. The topological polar surface area (TPSA) is 43.1 Å². The van der Waals surface area contributed by atoms with Gasteiger partial charge in [-0.15, -0.1) is 0 Å². The summed E-state index contributed by atoms with van der Waals surface area (Å²) in [7, 11) is 0. The Labute approximate surface area is 200 Å². The summed E-state index contributed by atoms with van der Waals surface area (Å²) in [6.45, 7) is 0. The third kappa shape index (κ3) is 2.15. The van der Waals surface area contributed by atoms with Crippen molar-refractivity contribution in [3.8, 4) is 22.3 Å². The fourth-order valence-electron chi connectivity index (χ4n) is 6.48. The molecule has 0 unspecified atom stereocenters. The van der Waals surface area contributed by atoms with Gasteiger partial charge < -0.3 is 0 Å². The van der Waals surface area contributed by atoms with Crippen LogP contribution in [-0.4, -0.2) is 19.4 Å². The van der Waals surface area contributed by atoms with Crippen molar-refractivity contribution in [3.05, 3.63) is 108 Å². The van der Waals surface area contributed by atoms with Gasteiger partial charge in [0.15, 0.2) is 0 Å². The second kappa shape index (κ2) is 6.10. The van der Waals surface area contributed by atoms with Crippen LogP contribution in [0.15, 0.2) is 85.5 Å². The quantitative estimate of drug-likeness (QED) is 0.243. The zero-order valence-corrected chi connectivity index (χ0v) is 18.8. The Morgan fingerprint density at radius 2 is 1.43 bits per heavy atom. The number of fused-ring (bicyclic) bond motifs is 15. The SMILES string of the molecule is c1ccc2c(c1)Cc1cc3c(cc1-2)Cc1ccc2nc4c5cnccc5c5cnccc5n4c2c1-3. The predicted molar refractivity (Wildman–Crippen MR) is 140 cm³/mol. The Morgan fingerprint density at radius 3 is 2.40 bits per heavy atom. The van der Waals surface area contributed by atoms with E-state index in [1.165, 1.54) is 50.0 Å². The first-order chi connectivity index (χ1) is 17.3. The summed E-state index contributed by atoms with van der Waals surface area (Å²) in [5.41, 5.74) is 15.4. The highest BCUT2D eigenvalue weighted by Gasteiger charge is 2.28. The highest BCUT2D eigenvalue weighted by atomic mass is 15.0. The van der Waals surface area contributed by atoms with Gasteiger partial charge in [0.1, 0.15) is 5.65 Å². The molecular formula is C31H18N4. The summed E-state index contributed by atoms with van der Waals surface area (Å²) < 4.78 is 2.34. The van der Waals surface area contributed by atoms with E-state index in [-0.39, 0.29) is 0 Å². The Hall–Kier alpha value is -4.57. The van der Waals surface area contributed by atoms with E-state index in [0.717, 1.165) is 45.7 Å². The molecule has 4 heteroatoms. The average Bonchev–Trinajstić information content (AvgIpc) is 3.58. The molecule has 0 N–H and O–H groups in total. The van der Waals surface area contributed by atoms with Crippen LogP contribution in [0.2, 0.25) is 0 Å². The molecule has 0 saturated heterocycles. The molecule has 3 aromatic carbocycles. The first-order valence-electron chi connectivity index (χ1n) is 12.0. The number of imidazole rings is 1. The van der Waals surface area contributed by atoms with Crippen molar-refractivity contribution in [3.63, 3.8) is 0 Å². The minimum atomic E-state index is 0.956. The van der Waals surface area contributed by atoms with Gasteiger partial charge in [-0.3, -0.25) is 14.4 Å². The third-order valence-electron chi connectivity index (χ3n) is 7.96. The fraction of sp³-hybridized carbons (Fsp3) is 0.0645. The van der Waals surface area contributed by atoms with Crippen molar-refractivity contribution in [1.29, 1.82) is 0 Å². The summed E-state index contributed by atoms with van der Waals surface area (Å²) in [6.07, 6.45) is 9.58. The Kier molecular flexibility index (Phi) is 3.11. The normalized spacial score (nSPS) is 13.5. The lowest BCUT2D eigenvalue weighted by Gasteiger charge is -2.11. The Morgan fingerprint density at radius 1 is 0.629 bits per heavy atom. The van der Waals surface area contributed by atoms with Crippen LogP contribution in [0.4, 0.5) is 0 Å². The van der Waals surface area contributed by atoms with Gasteiger partial charge in [0, 0.05) is 41.1 Å². The summed E-state index contributed by atoms with van der Waals surface area (Å²) in [5, 5.41) is 3.32. The van der Waals surface area contributed by atoms with E-state index in [2.05, 4.69) is 75.0 Å². The molecular weight excluding hydrogens is 428 g/mol. The number of pyridine rings is 3. The van der Waals surface area contributed by atoms with Crippen LogP contribution in [0.1, 0.15) is 22.3 Å². The van der Waals surface area contributed by atoms with Gasteiger partial charge in [-0.2, -0.15) is 0 Å². The molecule has 0 amide bonds. The van der Waals surface area contributed by atoms with Crippen LogP contribution in [0.25, 0.3) is 60.6 Å². The number of aromatic nitrogens is 4. The molecule has 0 spiro atoms. The Bertz CT molecular complexity index is 2070. The van der Waals surface area contributed by atoms with E-state index in [9.17, 15) is 0 Å². The monoisotopic (exact) mass is 446 g/mol. The van der Waals surface area contributed by atoms with E-state index in [1.54, 1.807) is 0 Å². The molecule has 2 aliphatic rings. The van der Waals surface area contributed by atoms with E-state index >= 15 is 0 Å². The van der Waals surface area contributed by atoms with E-state index in [4.69, 9.17) is 4.98 Å². The van der Waals surface area contributed by atoms with Crippen LogP contribution in [0.3, 0.4) is 0 Å². The molecule has 7 aromatic rings. The summed E-state index contributed by atoms with van der Waals surface area (Å²) in [6, 6.07) is 22.3. The summed E-state index contributed by atoms with van der Waals surface area (Å²) in [4.78, 5) is 14.0. The first-order valence-corrected chi connectivity index (χ1v) is 12.0. The zero-order valence-electron chi connectivity index (χ0n) is 18.8. The largest absolute Gasteiger partial charge is 0.291 e. The van der Waals surface area contributed by atoms with Crippen molar-refractivity contribution >= 4 is 38.4 Å². The van der Waals surface area contributed by atoms with Gasteiger partial charge in [0.2, 0.25) is 0 Å². The molecule has 0 fully saturated rings. The molecule has 35 heavy (non-hydrogen) atoms. The molecule has 4 aromatic heterocycles. The molecule has 4 heterocycles. The van der Waals surface area contributed by atoms with Crippen LogP contribution < -0.4 is 0 Å². The lowest BCUT2D eigenvalue weighted by molar-refractivity contribution is 1.24. The minimum absolute atomic E-state index is 0.956. The highest BCUT2D eigenvalue weighted by molar-refractivity contribution is 6.14. The summed E-state index contributed by atoms with van der Waals surface area (Å²) >= 11 is 0. The van der Waals surface area contributed by atoms with Gasteiger partial charge in [-0.25, -0.2) is 4.98 Å². The number of hydrogen-bond donors (Lipinski definition) is 0. The zero-order chi connectivity index (χ0) is 22.7. The minimum Gasteiger partial charge on any atom is -0.291 e. The fourth-order valence-corrected chi connectivity index (χ4v) is 6.48. The van der Waals surface area contributed by atoms with Crippen molar-refractivity contribution in [2.45, 2.75) is 12.8 Å². The second-order valence-electron chi connectivity index (χ2n) is 9.73. The smallest absolute Gasteiger partial charge is 0.147 e. The van der Waals surface area contributed by atoms with Crippen LogP contribution in [-0.2, 0) is 12.8 Å². The van der Waals surface area contributed by atoms with Crippen molar-refractivity contribution in [2.24, 2.45) is 0 Å². The second-order valence-corrected chi connectivity index (χ2v) is 9.73. The van der Waals surface area contributed by atoms with Crippen LogP contribution in [0, 0.1) is 0 Å². The van der Waals surface area contributed by atoms with Gasteiger partial charge in [-0.1, -0.05) is 30.3 Å². The standard InChI is InChI=1S/C31H18N4/c1-2-4-21-17(3-1)11-19-14-24-20(13-23(19)21)12-18-5-6-27-30(29(18)24)35-28-8-10-33-15-25(28)22-7-9-32-16-26(22)31(35)34-27/h1-10,13-16H,11-12H2. The maximum Gasteiger partial charge on any atom is 0.147 e. The molecule has 162 valence electrons. The molecule has 2 aliphatic carbocycles. The van der Waals surface area contributed by atoms with Crippen LogP contribution in [0.5, 0.6) is 0 Å². The molecule has 4 nitrogen and oxygen atoms in total. The molecule has 9 rings (SSSR count). The van der Waals surface area contributed by atoms with Crippen molar-refractivity contribution < 1.29 is 0 Å². The van der Waals surface area contributed by atoms with E-state index < -0.39 is 0 Å². The lowest BCUT2D eigenvalue weighted by atomic mass is 9.97. The number of nitrogens with zero attached hydrogens (tertiary/aromatic N) is 4. The van der Waals surface area contributed by atoms with E-state index in [0.29, 0.717) is 0 Å². The average molecular weight is 447 g/mol. The summed E-state index contributed by atoms with van der Waals surface area (Å²) in [5.74, 6) is 0. The number of hydrogen-bond acceptors (Lipinski definition) is 3. The van der Waals surface area contributed by atoms with Gasteiger partial charge in [0.05, 0.1) is 16.6 Å². The lowest BCUT2D eigenvalue weighted by Crippen LogP contribution is -1.94. The van der Waals surface area contributed by atoms with Crippen molar-refractivity contribution in [1.82, 2.24) is 19.4 Å². The highest BCUT2D eigenvalue weighted by Crippen LogP contribution is 2.47. The maximum absolute atomic E-state index is 5.15. The third-order valence-corrected chi connectivity index (χ3v) is 7.96. The van der Waals surface area contributed by atoms with Gasteiger partial charge in [0.25, 0.3) is 0 Å². The van der Waals surface area contributed by atoms with E-state index in [1.807, 2.05) is 24.8 Å². The molecule has 0 atom stereocenters. The predicted octanol–water partition coefficient (Wildman–Crippen LogP) is 6.73. The van der Waals surface area contributed by atoms with Crippen molar-refractivity contribution in [2.75, 3.05) is 0 Å². The molecule has 0 saturated carbocycles. The molecule has 0 radical (unpaired) electrons. The van der Waals surface area contributed by atoms with Gasteiger partial charge in [-0.05, 0) is 87.5 Å². The molecule has 0 bridgehead atoms. The maximum atomic E-state index is 5.15. The first kappa shape index (κ1) is 17.8.